The summed E-state index contributed by atoms with van der Waals surface area (Å²) in [6.45, 7) is 7.36. The first kappa shape index (κ1) is 19.8. The molecule has 0 spiro atoms. The van der Waals surface area contributed by atoms with E-state index in [1.807, 2.05) is 37.4 Å². The molecule has 0 radical (unpaired) electrons. The fraction of sp³-hybridized carbons (Fsp3) is 0.227. The molecule has 0 N–H and O–H groups in total. The average Bonchev–Trinajstić information content (AvgIpc) is 3.10. The number of thiazole rings is 1. The maximum absolute atomic E-state index is 12.3. The van der Waals surface area contributed by atoms with Crippen LogP contribution in [0.5, 0.6) is 5.75 Å². The summed E-state index contributed by atoms with van der Waals surface area (Å²) < 4.78 is 5.75. The number of Topliss-reactive ketones (excluding diaryl/α,β-unsaturated/α-hetero) is 1. The van der Waals surface area contributed by atoms with Crippen LogP contribution in [0.2, 0.25) is 0 Å². The van der Waals surface area contributed by atoms with Crippen molar-refractivity contribution in [1.29, 1.82) is 0 Å². The zero-order valence-corrected chi connectivity index (χ0v) is 17.2. The van der Waals surface area contributed by atoms with Gasteiger partial charge in [0.05, 0.1) is 11.4 Å². The number of carbonyl (C=O) groups is 2. The molecule has 28 heavy (non-hydrogen) atoms. The topological polar surface area (TPSA) is 59.5 Å². The Morgan fingerprint density at radius 1 is 1.07 bits per heavy atom. The standard InChI is InChI=1S/C22H22N2O3S/c1-14-5-10-21(15(2)11-14)24(17(4)26)22-23-19(13-28-22)12-27-20-8-6-18(7-9-20)16(3)25/h5-11,13H,12H2,1-4H3. The molecular weight excluding hydrogens is 372 g/mol. The zero-order chi connectivity index (χ0) is 20.3. The lowest BCUT2D eigenvalue weighted by molar-refractivity contribution is -0.115. The molecule has 0 aliphatic rings. The lowest BCUT2D eigenvalue weighted by Gasteiger charge is -2.20. The molecule has 0 aliphatic heterocycles. The Labute approximate surface area is 168 Å². The highest BCUT2D eigenvalue weighted by molar-refractivity contribution is 7.14. The normalized spacial score (nSPS) is 10.6. The second kappa shape index (κ2) is 8.35. The minimum Gasteiger partial charge on any atom is -0.487 e. The van der Waals surface area contributed by atoms with Crippen LogP contribution in [-0.4, -0.2) is 16.7 Å². The molecule has 6 heteroatoms. The Hall–Kier alpha value is -2.99. The fourth-order valence-electron chi connectivity index (χ4n) is 2.87. The van der Waals surface area contributed by atoms with Gasteiger partial charge in [-0.05, 0) is 56.7 Å². The van der Waals surface area contributed by atoms with Crippen molar-refractivity contribution in [3.63, 3.8) is 0 Å². The highest BCUT2D eigenvalue weighted by Gasteiger charge is 2.19. The van der Waals surface area contributed by atoms with E-state index in [2.05, 4.69) is 4.98 Å². The van der Waals surface area contributed by atoms with E-state index < -0.39 is 0 Å². The van der Waals surface area contributed by atoms with Crippen molar-refractivity contribution >= 4 is 33.8 Å². The first-order valence-corrected chi connectivity index (χ1v) is 9.79. The third-order valence-electron chi connectivity index (χ3n) is 4.29. The number of anilines is 2. The summed E-state index contributed by atoms with van der Waals surface area (Å²) in [7, 11) is 0. The number of hydrogen-bond acceptors (Lipinski definition) is 5. The number of hydrogen-bond donors (Lipinski definition) is 0. The van der Waals surface area contributed by atoms with Crippen molar-refractivity contribution < 1.29 is 14.3 Å². The molecule has 0 bridgehead atoms. The minimum absolute atomic E-state index is 0.0198. The third kappa shape index (κ3) is 4.46. The van der Waals surface area contributed by atoms with Crippen LogP contribution in [-0.2, 0) is 11.4 Å². The Morgan fingerprint density at radius 2 is 1.79 bits per heavy atom. The van der Waals surface area contributed by atoms with Gasteiger partial charge >= 0.3 is 0 Å². The predicted octanol–water partition coefficient (Wildman–Crippen LogP) is 5.23. The number of rotatable bonds is 6. The van der Waals surface area contributed by atoms with Gasteiger partial charge < -0.3 is 4.74 Å². The van der Waals surface area contributed by atoms with E-state index >= 15 is 0 Å². The van der Waals surface area contributed by atoms with E-state index in [4.69, 9.17) is 4.74 Å². The molecule has 0 aliphatic carbocycles. The smallest absolute Gasteiger partial charge is 0.230 e. The van der Waals surface area contributed by atoms with Gasteiger partial charge in [-0.25, -0.2) is 4.98 Å². The molecule has 3 rings (SSSR count). The summed E-state index contributed by atoms with van der Waals surface area (Å²) in [6, 6.07) is 13.0. The average molecular weight is 394 g/mol. The molecule has 1 aromatic heterocycles. The molecule has 0 saturated heterocycles. The van der Waals surface area contributed by atoms with Crippen LogP contribution in [0.4, 0.5) is 10.8 Å². The van der Waals surface area contributed by atoms with Gasteiger partial charge in [0.2, 0.25) is 5.91 Å². The van der Waals surface area contributed by atoms with Crippen molar-refractivity contribution in [2.45, 2.75) is 34.3 Å². The van der Waals surface area contributed by atoms with Crippen molar-refractivity contribution in [2.75, 3.05) is 4.90 Å². The van der Waals surface area contributed by atoms with Gasteiger partial charge in [0.15, 0.2) is 10.9 Å². The van der Waals surface area contributed by atoms with Crippen molar-refractivity contribution in [3.05, 3.63) is 70.2 Å². The number of aryl methyl sites for hydroxylation is 2. The van der Waals surface area contributed by atoms with Gasteiger partial charge in [0.25, 0.3) is 0 Å². The number of benzene rings is 2. The van der Waals surface area contributed by atoms with Crippen LogP contribution in [0.3, 0.4) is 0 Å². The Balaban J connectivity index is 1.75. The SMILES string of the molecule is CC(=O)c1ccc(OCc2csc(N(C(C)=O)c3ccc(C)cc3C)n2)cc1. The summed E-state index contributed by atoms with van der Waals surface area (Å²) in [5, 5.41) is 2.50. The molecule has 5 nitrogen and oxygen atoms in total. The molecule has 0 atom stereocenters. The van der Waals surface area contributed by atoms with Gasteiger partial charge in [0.1, 0.15) is 12.4 Å². The Kier molecular flexibility index (Phi) is 5.90. The lowest BCUT2D eigenvalue weighted by Crippen LogP contribution is -2.23. The van der Waals surface area contributed by atoms with Gasteiger partial charge in [-0.2, -0.15) is 0 Å². The number of aromatic nitrogens is 1. The van der Waals surface area contributed by atoms with Crippen LogP contribution in [0.15, 0.2) is 47.8 Å². The van der Waals surface area contributed by atoms with E-state index in [1.54, 1.807) is 29.2 Å². The predicted molar refractivity (Wildman–Crippen MR) is 112 cm³/mol. The van der Waals surface area contributed by atoms with E-state index in [9.17, 15) is 9.59 Å². The van der Waals surface area contributed by atoms with Crippen LogP contribution in [0.25, 0.3) is 0 Å². The molecule has 0 unspecified atom stereocenters. The summed E-state index contributed by atoms with van der Waals surface area (Å²) >= 11 is 1.40. The van der Waals surface area contributed by atoms with E-state index in [0.29, 0.717) is 16.4 Å². The van der Waals surface area contributed by atoms with Crippen LogP contribution in [0, 0.1) is 13.8 Å². The summed E-state index contributed by atoms with van der Waals surface area (Å²) in [4.78, 5) is 29.8. The van der Waals surface area contributed by atoms with E-state index in [0.717, 1.165) is 22.5 Å². The zero-order valence-electron chi connectivity index (χ0n) is 16.4. The van der Waals surface area contributed by atoms with E-state index in [-0.39, 0.29) is 18.3 Å². The molecular formula is C22H22N2O3S. The lowest BCUT2D eigenvalue weighted by atomic mass is 10.1. The molecule has 0 saturated carbocycles. The van der Waals surface area contributed by atoms with Crippen molar-refractivity contribution in [2.24, 2.45) is 0 Å². The Bertz CT molecular complexity index is 1010. The molecule has 2 aromatic carbocycles. The van der Waals surface area contributed by atoms with Crippen LogP contribution < -0.4 is 9.64 Å². The molecule has 144 valence electrons. The van der Waals surface area contributed by atoms with E-state index in [1.165, 1.54) is 25.2 Å². The summed E-state index contributed by atoms with van der Waals surface area (Å²) in [5.74, 6) is 0.595. The monoisotopic (exact) mass is 394 g/mol. The number of carbonyl (C=O) groups excluding carboxylic acids is 2. The van der Waals surface area contributed by atoms with Crippen LogP contribution in [0.1, 0.15) is 41.0 Å². The first-order valence-electron chi connectivity index (χ1n) is 8.91. The molecule has 0 fully saturated rings. The van der Waals surface area contributed by atoms with Crippen molar-refractivity contribution in [3.8, 4) is 5.75 Å². The van der Waals surface area contributed by atoms with Gasteiger partial charge in [-0.3, -0.25) is 14.5 Å². The quantitative estimate of drug-likeness (QED) is 0.538. The third-order valence-corrected chi connectivity index (χ3v) is 5.16. The molecule has 1 amide bonds. The Morgan fingerprint density at radius 3 is 2.39 bits per heavy atom. The molecule has 1 heterocycles. The largest absolute Gasteiger partial charge is 0.487 e. The van der Waals surface area contributed by atoms with Gasteiger partial charge in [0, 0.05) is 17.9 Å². The highest BCUT2D eigenvalue weighted by atomic mass is 32.1. The second-order valence-corrected chi connectivity index (χ2v) is 7.47. The molecule has 3 aromatic rings. The maximum atomic E-state index is 12.3. The number of ketones is 1. The van der Waals surface area contributed by atoms with Crippen molar-refractivity contribution in [1.82, 2.24) is 4.98 Å². The second-order valence-electron chi connectivity index (χ2n) is 6.64. The van der Waals surface area contributed by atoms with Gasteiger partial charge in [-0.1, -0.05) is 17.7 Å². The fourth-order valence-corrected chi connectivity index (χ4v) is 3.74. The maximum Gasteiger partial charge on any atom is 0.230 e. The van der Waals surface area contributed by atoms with Crippen LogP contribution >= 0.6 is 11.3 Å². The summed E-state index contributed by atoms with van der Waals surface area (Å²) in [6.07, 6.45) is 0. The first-order chi connectivity index (χ1) is 13.3. The summed E-state index contributed by atoms with van der Waals surface area (Å²) in [5.41, 5.74) is 4.39. The number of amides is 1. The minimum atomic E-state index is -0.0893. The number of ether oxygens (including phenoxy) is 1. The van der Waals surface area contributed by atoms with Gasteiger partial charge in [-0.15, -0.1) is 11.3 Å². The number of nitrogens with zero attached hydrogens (tertiary/aromatic N) is 2. The highest BCUT2D eigenvalue weighted by Crippen LogP contribution is 2.32.